The zero-order chi connectivity index (χ0) is 14.7. The summed E-state index contributed by atoms with van der Waals surface area (Å²) in [6.45, 7) is 2.92. The normalized spacial score (nSPS) is 12.9. The van der Waals surface area contributed by atoms with Gasteiger partial charge in [0.25, 0.3) is 0 Å². The number of rotatable bonds is 6. The fraction of sp³-hybridized carbons (Fsp3) is 0.294. The molecular weight excluding hydrogens is 284 g/mol. The zero-order valence-electron chi connectivity index (χ0n) is 12.0. The minimum Gasteiger partial charge on any atom is -0.469 e. The monoisotopic (exact) mass is 302 g/mol. The Bertz CT molecular complexity index is 703. The number of aromatic nitrogens is 1. The molecule has 0 radical (unpaired) electrons. The van der Waals surface area contributed by atoms with E-state index in [1.807, 2.05) is 36.4 Å². The fourth-order valence-electron chi connectivity index (χ4n) is 2.48. The van der Waals surface area contributed by atoms with Crippen LogP contribution in [0, 0.1) is 0 Å². The molecule has 2 aromatic heterocycles. The SMILES string of the molecule is CC(CCc1ccco1)NCc1[nH]c2ccccc2c1Cl. The summed E-state index contributed by atoms with van der Waals surface area (Å²) in [6.07, 6.45) is 3.70. The Balaban J connectivity index is 1.57. The minimum absolute atomic E-state index is 0.401. The average Bonchev–Trinajstić information content (AvgIpc) is 3.12. The van der Waals surface area contributed by atoms with Gasteiger partial charge >= 0.3 is 0 Å². The molecule has 0 fully saturated rings. The van der Waals surface area contributed by atoms with E-state index in [1.54, 1.807) is 6.26 Å². The molecule has 110 valence electrons. The smallest absolute Gasteiger partial charge is 0.103 e. The van der Waals surface area contributed by atoms with Crippen LogP contribution in [-0.4, -0.2) is 11.0 Å². The standard InChI is InChI=1S/C17H19ClN2O/c1-12(8-9-13-5-4-10-21-13)19-11-16-17(18)14-6-2-3-7-15(14)20-16/h2-7,10,12,19-20H,8-9,11H2,1H3. The molecule has 3 rings (SSSR count). The van der Waals surface area contributed by atoms with E-state index in [9.17, 15) is 0 Å². The predicted octanol–water partition coefficient (Wildman–Crippen LogP) is 4.53. The number of benzene rings is 1. The molecule has 2 N–H and O–H groups in total. The van der Waals surface area contributed by atoms with Gasteiger partial charge in [0.1, 0.15) is 5.76 Å². The molecule has 1 atom stereocenters. The van der Waals surface area contributed by atoms with Gasteiger partial charge in [-0.3, -0.25) is 0 Å². The van der Waals surface area contributed by atoms with E-state index < -0.39 is 0 Å². The molecule has 0 aliphatic carbocycles. The summed E-state index contributed by atoms with van der Waals surface area (Å²) in [5, 5.41) is 5.40. The molecule has 21 heavy (non-hydrogen) atoms. The Morgan fingerprint density at radius 3 is 2.86 bits per heavy atom. The van der Waals surface area contributed by atoms with Gasteiger partial charge in [0.2, 0.25) is 0 Å². The first-order valence-corrected chi connectivity index (χ1v) is 7.62. The van der Waals surface area contributed by atoms with Crippen molar-refractivity contribution in [2.75, 3.05) is 0 Å². The quantitative estimate of drug-likeness (QED) is 0.702. The van der Waals surface area contributed by atoms with Crippen LogP contribution in [0.4, 0.5) is 0 Å². The van der Waals surface area contributed by atoms with Gasteiger partial charge in [-0.25, -0.2) is 0 Å². The molecule has 3 nitrogen and oxygen atoms in total. The fourth-order valence-corrected chi connectivity index (χ4v) is 2.76. The molecular formula is C17H19ClN2O. The first kappa shape index (κ1) is 14.2. The summed E-state index contributed by atoms with van der Waals surface area (Å²) in [5.74, 6) is 1.03. The lowest BCUT2D eigenvalue weighted by atomic mass is 10.1. The van der Waals surface area contributed by atoms with Gasteiger partial charge in [0.15, 0.2) is 0 Å². The second kappa shape index (κ2) is 6.37. The van der Waals surface area contributed by atoms with E-state index in [0.29, 0.717) is 6.04 Å². The van der Waals surface area contributed by atoms with Gasteiger partial charge in [-0.05, 0) is 31.5 Å². The lowest BCUT2D eigenvalue weighted by Crippen LogP contribution is -2.26. The van der Waals surface area contributed by atoms with E-state index in [0.717, 1.165) is 46.8 Å². The number of halogens is 1. The van der Waals surface area contributed by atoms with Gasteiger partial charge in [-0.1, -0.05) is 29.8 Å². The highest BCUT2D eigenvalue weighted by Crippen LogP contribution is 2.27. The lowest BCUT2D eigenvalue weighted by molar-refractivity contribution is 0.459. The third-order valence-corrected chi connectivity index (χ3v) is 4.18. The molecule has 0 spiro atoms. The minimum atomic E-state index is 0.401. The van der Waals surface area contributed by atoms with Crippen molar-refractivity contribution in [3.63, 3.8) is 0 Å². The maximum atomic E-state index is 6.41. The lowest BCUT2D eigenvalue weighted by Gasteiger charge is -2.12. The van der Waals surface area contributed by atoms with Crippen molar-refractivity contribution in [1.29, 1.82) is 0 Å². The van der Waals surface area contributed by atoms with Crippen LogP contribution in [0.3, 0.4) is 0 Å². The molecule has 1 unspecified atom stereocenters. The van der Waals surface area contributed by atoms with Gasteiger partial charge in [0, 0.05) is 35.6 Å². The van der Waals surface area contributed by atoms with Gasteiger partial charge in [-0.15, -0.1) is 0 Å². The van der Waals surface area contributed by atoms with Crippen LogP contribution in [0.15, 0.2) is 47.1 Å². The summed E-state index contributed by atoms with van der Waals surface area (Å²) in [4.78, 5) is 3.38. The maximum absolute atomic E-state index is 6.41. The zero-order valence-corrected chi connectivity index (χ0v) is 12.8. The van der Waals surface area contributed by atoms with Crippen LogP contribution in [0.25, 0.3) is 10.9 Å². The third kappa shape index (κ3) is 3.31. The summed E-state index contributed by atoms with van der Waals surface area (Å²) < 4.78 is 5.35. The number of fused-ring (bicyclic) bond motifs is 1. The van der Waals surface area contributed by atoms with Gasteiger partial charge in [0.05, 0.1) is 11.3 Å². The molecule has 1 aromatic carbocycles. The second-order valence-corrected chi connectivity index (χ2v) is 5.74. The first-order valence-electron chi connectivity index (χ1n) is 7.25. The Morgan fingerprint density at radius 1 is 1.24 bits per heavy atom. The van der Waals surface area contributed by atoms with Crippen LogP contribution < -0.4 is 5.32 Å². The second-order valence-electron chi connectivity index (χ2n) is 5.36. The van der Waals surface area contributed by atoms with Crippen molar-refractivity contribution in [3.8, 4) is 0 Å². The van der Waals surface area contributed by atoms with Crippen LogP contribution in [0.5, 0.6) is 0 Å². The van der Waals surface area contributed by atoms with E-state index in [-0.39, 0.29) is 0 Å². The number of hydrogen-bond acceptors (Lipinski definition) is 2. The largest absolute Gasteiger partial charge is 0.469 e. The molecule has 0 bridgehead atoms. The molecule has 0 saturated heterocycles. The first-order chi connectivity index (χ1) is 10.2. The van der Waals surface area contributed by atoms with Gasteiger partial charge < -0.3 is 14.7 Å². The highest BCUT2D eigenvalue weighted by atomic mass is 35.5. The summed E-state index contributed by atoms with van der Waals surface area (Å²) in [7, 11) is 0. The van der Waals surface area contributed by atoms with Crippen molar-refractivity contribution >= 4 is 22.5 Å². The number of para-hydroxylation sites is 1. The predicted molar refractivity (Wildman–Crippen MR) is 86.6 cm³/mol. The molecule has 0 aliphatic heterocycles. The molecule has 0 aliphatic rings. The van der Waals surface area contributed by atoms with Crippen molar-refractivity contribution in [2.45, 2.75) is 32.4 Å². The highest BCUT2D eigenvalue weighted by Gasteiger charge is 2.10. The van der Waals surface area contributed by atoms with Crippen LogP contribution in [-0.2, 0) is 13.0 Å². The number of nitrogens with one attached hydrogen (secondary N) is 2. The van der Waals surface area contributed by atoms with Crippen LogP contribution in [0.2, 0.25) is 5.02 Å². The number of hydrogen-bond donors (Lipinski definition) is 2. The molecule has 0 amide bonds. The van der Waals surface area contributed by atoms with E-state index in [1.165, 1.54) is 0 Å². The topological polar surface area (TPSA) is 41.0 Å². The van der Waals surface area contributed by atoms with E-state index in [2.05, 4.69) is 17.2 Å². The summed E-state index contributed by atoms with van der Waals surface area (Å²) >= 11 is 6.41. The van der Waals surface area contributed by atoms with Crippen molar-refractivity contribution in [2.24, 2.45) is 0 Å². The Hall–Kier alpha value is -1.71. The number of H-pyrrole nitrogens is 1. The molecule has 2 heterocycles. The summed E-state index contributed by atoms with van der Waals surface area (Å²) in [5.41, 5.74) is 2.13. The van der Waals surface area contributed by atoms with Gasteiger partial charge in [-0.2, -0.15) is 0 Å². The van der Waals surface area contributed by atoms with E-state index in [4.69, 9.17) is 16.0 Å². The third-order valence-electron chi connectivity index (χ3n) is 3.75. The maximum Gasteiger partial charge on any atom is 0.103 e. The van der Waals surface area contributed by atoms with Crippen LogP contribution in [0.1, 0.15) is 24.8 Å². The Labute approximate surface area is 129 Å². The molecule has 3 aromatic rings. The van der Waals surface area contributed by atoms with Crippen molar-refractivity contribution < 1.29 is 4.42 Å². The van der Waals surface area contributed by atoms with Crippen molar-refractivity contribution in [3.05, 3.63) is 59.1 Å². The summed E-state index contributed by atoms with van der Waals surface area (Å²) in [6, 6.07) is 12.4. The molecule has 0 saturated carbocycles. The number of furan rings is 1. The average molecular weight is 303 g/mol. The van der Waals surface area contributed by atoms with Crippen molar-refractivity contribution in [1.82, 2.24) is 10.3 Å². The van der Waals surface area contributed by atoms with Crippen LogP contribution >= 0.6 is 11.6 Å². The Morgan fingerprint density at radius 2 is 2.10 bits per heavy atom. The van der Waals surface area contributed by atoms with E-state index >= 15 is 0 Å². The number of aryl methyl sites for hydroxylation is 1. The molecule has 4 heteroatoms. The Kier molecular flexibility index (Phi) is 4.32. The highest BCUT2D eigenvalue weighted by molar-refractivity contribution is 6.36. The number of aromatic amines is 1.